The summed E-state index contributed by atoms with van der Waals surface area (Å²) in [5, 5.41) is 4.59. The van der Waals surface area contributed by atoms with Gasteiger partial charge in [-0.3, -0.25) is 0 Å². The summed E-state index contributed by atoms with van der Waals surface area (Å²) < 4.78 is 0. The normalized spacial score (nSPS) is 10.9. The third-order valence-electron chi connectivity index (χ3n) is 1.49. The largest absolute Gasteiger partial charge is 0.323 e. The lowest BCUT2D eigenvalue weighted by Gasteiger charge is -2.01. The fourth-order valence-electron chi connectivity index (χ4n) is 0.859. The predicted octanol–water partition coefficient (Wildman–Crippen LogP) is 2.59. The van der Waals surface area contributed by atoms with E-state index in [2.05, 4.69) is 5.10 Å². The summed E-state index contributed by atoms with van der Waals surface area (Å²) in [7, 11) is 0. The van der Waals surface area contributed by atoms with Crippen molar-refractivity contribution in [2.24, 2.45) is 10.9 Å². The average molecular weight is 203 g/mol. The van der Waals surface area contributed by atoms with E-state index in [9.17, 15) is 0 Å². The minimum absolute atomic E-state index is 0.555. The smallest absolute Gasteiger partial charge is 0.0553 e. The van der Waals surface area contributed by atoms with E-state index in [4.69, 9.17) is 29.0 Å². The first kappa shape index (κ1) is 9.36. The summed E-state index contributed by atoms with van der Waals surface area (Å²) in [4.78, 5) is 0. The van der Waals surface area contributed by atoms with Gasteiger partial charge in [0, 0.05) is 10.6 Å². The monoisotopic (exact) mass is 202 g/mol. The number of hydrazone groups is 1. The Morgan fingerprint density at radius 2 is 2.00 bits per heavy atom. The van der Waals surface area contributed by atoms with Gasteiger partial charge < -0.3 is 5.84 Å². The average Bonchev–Trinajstić information content (AvgIpc) is 2.01. The number of hydrogen-bond acceptors (Lipinski definition) is 2. The number of rotatable bonds is 1. The van der Waals surface area contributed by atoms with Gasteiger partial charge in [-0.25, -0.2) is 0 Å². The summed E-state index contributed by atoms with van der Waals surface area (Å²) in [6.07, 6.45) is 1.49. The Hall–Kier alpha value is -0.730. The van der Waals surface area contributed by atoms with Crippen LogP contribution in [0.4, 0.5) is 0 Å². The van der Waals surface area contributed by atoms with Gasteiger partial charge >= 0.3 is 0 Å². The van der Waals surface area contributed by atoms with Crippen LogP contribution in [-0.2, 0) is 0 Å². The molecule has 0 aliphatic carbocycles. The summed E-state index contributed by atoms with van der Waals surface area (Å²) >= 11 is 11.7. The quantitative estimate of drug-likeness (QED) is 0.425. The van der Waals surface area contributed by atoms with E-state index in [1.165, 1.54) is 6.21 Å². The minimum atomic E-state index is 0.555. The Balaban J connectivity index is 3.23. The molecule has 0 aromatic heterocycles. The van der Waals surface area contributed by atoms with E-state index in [1.807, 2.05) is 13.0 Å². The molecule has 0 heterocycles. The molecule has 0 bridgehead atoms. The molecule has 0 atom stereocenters. The molecule has 0 aliphatic rings. The van der Waals surface area contributed by atoms with E-state index in [0.29, 0.717) is 10.0 Å². The first-order valence-electron chi connectivity index (χ1n) is 3.34. The predicted molar refractivity (Wildman–Crippen MR) is 53.0 cm³/mol. The van der Waals surface area contributed by atoms with Crippen LogP contribution in [0.25, 0.3) is 0 Å². The molecular formula is C8H8Cl2N2. The Kier molecular flexibility index (Phi) is 2.95. The molecule has 0 unspecified atom stereocenters. The summed E-state index contributed by atoms with van der Waals surface area (Å²) in [5.74, 6) is 5.00. The molecule has 1 aromatic rings. The van der Waals surface area contributed by atoms with Gasteiger partial charge in [-0.1, -0.05) is 23.2 Å². The first-order chi connectivity index (χ1) is 5.65. The number of halogens is 2. The molecular weight excluding hydrogens is 195 g/mol. The van der Waals surface area contributed by atoms with Crippen LogP contribution in [0.5, 0.6) is 0 Å². The summed E-state index contributed by atoms with van der Waals surface area (Å²) in [5.41, 5.74) is 1.73. The maximum atomic E-state index is 5.85. The van der Waals surface area contributed by atoms with Gasteiger partial charge in [0.05, 0.1) is 11.2 Å². The fraction of sp³-hybridized carbons (Fsp3) is 0.125. The van der Waals surface area contributed by atoms with Crippen LogP contribution in [-0.4, -0.2) is 6.21 Å². The Bertz CT molecular complexity index is 321. The maximum absolute atomic E-state index is 5.85. The molecule has 0 fully saturated rings. The molecule has 2 nitrogen and oxygen atoms in total. The lowest BCUT2D eigenvalue weighted by atomic mass is 10.1. The van der Waals surface area contributed by atoms with Crippen LogP contribution in [0.15, 0.2) is 17.2 Å². The van der Waals surface area contributed by atoms with Crippen LogP contribution < -0.4 is 5.84 Å². The van der Waals surface area contributed by atoms with Gasteiger partial charge in [0.2, 0.25) is 0 Å². The molecule has 12 heavy (non-hydrogen) atoms. The zero-order chi connectivity index (χ0) is 9.14. The number of hydrogen-bond donors (Lipinski definition) is 1. The molecule has 0 aliphatic heterocycles. The van der Waals surface area contributed by atoms with Gasteiger partial charge in [-0.15, -0.1) is 0 Å². The molecule has 0 saturated carbocycles. The first-order valence-corrected chi connectivity index (χ1v) is 4.09. The highest BCUT2D eigenvalue weighted by Gasteiger charge is 2.01. The maximum Gasteiger partial charge on any atom is 0.0553 e. The van der Waals surface area contributed by atoms with Crippen molar-refractivity contribution in [3.63, 3.8) is 0 Å². The molecule has 1 aromatic carbocycles. The van der Waals surface area contributed by atoms with Crippen LogP contribution in [0, 0.1) is 6.92 Å². The van der Waals surface area contributed by atoms with Crippen molar-refractivity contribution in [3.05, 3.63) is 33.3 Å². The van der Waals surface area contributed by atoms with E-state index in [1.54, 1.807) is 6.07 Å². The number of benzene rings is 1. The van der Waals surface area contributed by atoms with E-state index < -0.39 is 0 Å². The second-order valence-corrected chi connectivity index (χ2v) is 3.22. The van der Waals surface area contributed by atoms with Crippen molar-refractivity contribution >= 4 is 29.4 Å². The molecule has 64 valence electrons. The number of nitrogens with zero attached hydrogens (tertiary/aromatic N) is 1. The Morgan fingerprint density at radius 3 is 2.58 bits per heavy atom. The van der Waals surface area contributed by atoms with E-state index >= 15 is 0 Å². The topological polar surface area (TPSA) is 38.4 Å². The molecule has 2 N–H and O–H groups in total. The van der Waals surface area contributed by atoms with Gasteiger partial charge in [-0.2, -0.15) is 5.10 Å². The zero-order valence-electron chi connectivity index (χ0n) is 6.51. The van der Waals surface area contributed by atoms with Crippen molar-refractivity contribution in [2.45, 2.75) is 6.92 Å². The zero-order valence-corrected chi connectivity index (χ0v) is 8.02. The van der Waals surface area contributed by atoms with Crippen LogP contribution in [0.3, 0.4) is 0 Å². The lowest BCUT2D eigenvalue weighted by molar-refractivity contribution is 1.26. The van der Waals surface area contributed by atoms with Crippen molar-refractivity contribution in [2.75, 3.05) is 0 Å². The van der Waals surface area contributed by atoms with Crippen molar-refractivity contribution in [1.29, 1.82) is 0 Å². The summed E-state index contributed by atoms with van der Waals surface area (Å²) in [6.45, 7) is 1.90. The number of nitrogens with two attached hydrogens (primary N) is 1. The second-order valence-electron chi connectivity index (χ2n) is 2.40. The number of aryl methyl sites for hydroxylation is 1. The van der Waals surface area contributed by atoms with Crippen LogP contribution >= 0.6 is 23.2 Å². The minimum Gasteiger partial charge on any atom is -0.323 e. The molecule has 1 rings (SSSR count). The molecule has 4 heteroatoms. The highest BCUT2D eigenvalue weighted by atomic mass is 35.5. The molecule has 0 saturated heterocycles. The van der Waals surface area contributed by atoms with Crippen molar-refractivity contribution < 1.29 is 0 Å². The molecule has 0 amide bonds. The van der Waals surface area contributed by atoms with Gasteiger partial charge in [-0.05, 0) is 24.6 Å². The standard InChI is InChI=1S/C8H8Cl2N2/c1-5-2-6(4-12-11)8(10)3-7(5)9/h2-4H,11H2,1H3. The van der Waals surface area contributed by atoms with E-state index in [0.717, 1.165) is 11.1 Å². The van der Waals surface area contributed by atoms with Crippen molar-refractivity contribution in [3.8, 4) is 0 Å². The Morgan fingerprint density at radius 1 is 1.33 bits per heavy atom. The van der Waals surface area contributed by atoms with Gasteiger partial charge in [0.15, 0.2) is 0 Å². The van der Waals surface area contributed by atoms with Crippen molar-refractivity contribution in [1.82, 2.24) is 0 Å². The highest BCUT2D eigenvalue weighted by Crippen LogP contribution is 2.23. The van der Waals surface area contributed by atoms with Gasteiger partial charge in [0.1, 0.15) is 0 Å². The third-order valence-corrected chi connectivity index (χ3v) is 2.23. The highest BCUT2D eigenvalue weighted by molar-refractivity contribution is 6.36. The second kappa shape index (κ2) is 3.78. The van der Waals surface area contributed by atoms with Crippen LogP contribution in [0.2, 0.25) is 10.0 Å². The van der Waals surface area contributed by atoms with Crippen LogP contribution in [0.1, 0.15) is 11.1 Å². The van der Waals surface area contributed by atoms with E-state index in [-0.39, 0.29) is 0 Å². The SMILES string of the molecule is Cc1cc(C=NN)c(Cl)cc1Cl. The van der Waals surface area contributed by atoms with Gasteiger partial charge in [0.25, 0.3) is 0 Å². The fourth-order valence-corrected chi connectivity index (χ4v) is 1.29. The molecule has 0 spiro atoms. The third kappa shape index (κ3) is 1.90. The summed E-state index contributed by atoms with van der Waals surface area (Å²) in [6, 6.07) is 3.51. The lowest BCUT2D eigenvalue weighted by Crippen LogP contribution is -1.89. The molecule has 0 radical (unpaired) electrons. The Labute approximate surface area is 81.0 Å².